The summed E-state index contributed by atoms with van der Waals surface area (Å²) >= 11 is 3.04. The van der Waals surface area contributed by atoms with E-state index in [0.717, 1.165) is 0 Å². The molecule has 0 amide bonds. The molecule has 0 aliphatic heterocycles. The molecule has 0 aliphatic carbocycles. The van der Waals surface area contributed by atoms with Crippen molar-refractivity contribution < 1.29 is 13.9 Å². The molecular weight excluding hydrogens is 256 g/mol. The average molecular weight is 266 g/mol. The smallest absolute Gasteiger partial charge is 0.260 e. The summed E-state index contributed by atoms with van der Waals surface area (Å²) < 4.78 is 25.5. The summed E-state index contributed by atoms with van der Waals surface area (Å²) in [5.74, 6) is -0.238. The second-order valence-corrected chi connectivity index (χ2v) is 4.07. The number of hydrogen-bond acceptors (Lipinski definition) is 2. The van der Waals surface area contributed by atoms with E-state index < -0.39 is 12.0 Å². The molecule has 0 saturated heterocycles. The molecule has 0 saturated carbocycles. The summed E-state index contributed by atoms with van der Waals surface area (Å²) in [6.45, 7) is 1.18. The van der Waals surface area contributed by atoms with E-state index in [-0.39, 0.29) is 11.3 Å². The minimum atomic E-state index is -2.73. The largest absolute Gasteiger partial charge is 0.506 e. The van der Waals surface area contributed by atoms with E-state index in [4.69, 9.17) is 5.73 Å². The van der Waals surface area contributed by atoms with Crippen LogP contribution in [0.1, 0.15) is 12.5 Å². The summed E-state index contributed by atoms with van der Waals surface area (Å²) in [6, 6.07) is 4.49. The molecule has 0 spiro atoms. The highest BCUT2D eigenvalue weighted by Crippen LogP contribution is 2.36. The number of rotatable bonds is 2. The molecular formula is C9H10BrF2NO. The van der Waals surface area contributed by atoms with Gasteiger partial charge in [-0.15, -0.1) is 0 Å². The van der Waals surface area contributed by atoms with Gasteiger partial charge >= 0.3 is 0 Å². The molecule has 0 aromatic heterocycles. The van der Waals surface area contributed by atoms with E-state index >= 15 is 0 Å². The molecule has 1 aromatic carbocycles. The Labute approximate surface area is 88.9 Å². The van der Waals surface area contributed by atoms with Gasteiger partial charge in [-0.1, -0.05) is 12.1 Å². The predicted molar refractivity (Wildman–Crippen MR) is 53.4 cm³/mol. The van der Waals surface area contributed by atoms with Gasteiger partial charge in [0.15, 0.2) is 0 Å². The van der Waals surface area contributed by atoms with Crippen LogP contribution in [0.4, 0.5) is 8.78 Å². The van der Waals surface area contributed by atoms with E-state index in [9.17, 15) is 13.9 Å². The van der Waals surface area contributed by atoms with Crippen molar-refractivity contribution in [2.45, 2.75) is 18.9 Å². The molecule has 1 atom stereocenters. The predicted octanol–water partition coefficient (Wildman–Crippen LogP) is 2.59. The fourth-order valence-electron chi connectivity index (χ4n) is 1.07. The summed E-state index contributed by atoms with van der Waals surface area (Å²) in [7, 11) is 0. The van der Waals surface area contributed by atoms with Crippen molar-refractivity contribution in [3.8, 4) is 5.75 Å². The molecule has 5 heteroatoms. The molecule has 0 heterocycles. The second kappa shape index (κ2) is 3.82. The van der Waals surface area contributed by atoms with Crippen LogP contribution in [0.15, 0.2) is 22.7 Å². The van der Waals surface area contributed by atoms with Crippen molar-refractivity contribution >= 4 is 15.9 Å². The first-order chi connectivity index (χ1) is 6.37. The Bertz CT molecular complexity index is 342. The van der Waals surface area contributed by atoms with E-state index in [0.29, 0.717) is 4.47 Å². The zero-order valence-electron chi connectivity index (χ0n) is 7.47. The third kappa shape index (κ3) is 1.88. The molecule has 1 aromatic rings. The zero-order valence-corrected chi connectivity index (χ0v) is 9.05. The summed E-state index contributed by atoms with van der Waals surface area (Å²) in [5, 5.41) is 9.52. The number of halogens is 3. The van der Waals surface area contributed by atoms with Gasteiger partial charge in [0.1, 0.15) is 11.3 Å². The van der Waals surface area contributed by atoms with Gasteiger partial charge in [-0.05, 0) is 28.9 Å². The number of phenols is 1. The van der Waals surface area contributed by atoms with E-state index in [2.05, 4.69) is 15.9 Å². The van der Waals surface area contributed by atoms with Gasteiger partial charge in [0.05, 0.1) is 4.47 Å². The molecule has 3 N–H and O–H groups in total. The maximum absolute atomic E-state index is 12.6. The average Bonchev–Trinajstić information content (AvgIpc) is 2.09. The fourth-order valence-corrected chi connectivity index (χ4v) is 1.43. The number of aromatic hydroxyl groups is 1. The maximum Gasteiger partial charge on any atom is 0.260 e. The lowest BCUT2D eigenvalue weighted by Crippen LogP contribution is -2.40. The van der Waals surface area contributed by atoms with Crippen LogP contribution < -0.4 is 5.73 Å². The van der Waals surface area contributed by atoms with E-state index in [1.807, 2.05) is 0 Å². The zero-order chi connectivity index (χ0) is 10.9. The number of phenolic OH excluding ortho intramolecular Hbond substituents is 1. The van der Waals surface area contributed by atoms with E-state index in [1.54, 1.807) is 12.1 Å². The van der Waals surface area contributed by atoms with Crippen molar-refractivity contribution in [1.82, 2.24) is 0 Å². The minimum absolute atomic E-state index is 0.0295. The third-order valence-corrected chi connectivity index (χ3v) is 2.66. The molecule has 0 fully saturated rings. The molecule has 0 bridgehead atoms. The molecule has 1 unspecified atom stereocenters. The van der Waals surface area contributed by atoms with Crippen LogP contribution in [-0.4, -0.2) is 11.5 Å². The minimum Gasteiger partial charge on any atom is -0.506 e. The normalized spacial score (nSPS) is 15.6. The molecule has 0 aliphatic rings. The Balaban J connectivity index is 3.26. The van der Waals surface area contributed by atoms with Gasteiger partial charge in [0.2, 0.25) is 0 Å². The maximum atomic E-state index is 12.6. The number of alkyl halides is 2. The highest BCUT2D eigenvalue weighted by atomic mass is 79.9. The second-order valence-electron chi connectivity index (χ2n) is 3.22. The van der Waals surface area contributed by atoms with Crippen molar-refractivity contribution in [3.05, 3.63) is 28.2 Å². The van der Waals surface area contributed by atoms with Crippen molar-refractivity contribution in [3.63, 3.8) is 0 Å². The SMILES string of the molecule is CC(N)(c1cccc(Br)c1O)C(F)F. The first-order valence-electron chi connectivity index (χ1n) is 3.92. The Morgan fingerprint density at radius 2 is 2.07 bits per heavy atom. The summed E-state index contributed by atoms with van der Waals surface area (Å²) in [6.07, 6.45) is -2.73. The third-order valence-electron chi connectivity index (χ3n) is 2.02. The molecule has 2 nitrogen and oxygen atoms in total. The molecule has 0 radical (unpaired) electrons. The molecule has 14 heavy (non-hydrogen) atoms. The van der Waals surface area contributed by atoms with Crippen molar-refractivity contribution in [1.29, 1.82) is 0 Å². The summed E-state index contributed by atoms with van der Waals surface area (Å²) in [5.41, 5.74) is 3.61. The lowest BCUT2D eigenvalue weighted by Gasteiger charge is -2.25. The van der Waals surface area contributed by atoms with Crippen LogP contribution in [0.5, 0.6) is 5.75 Å². The lowest BCUT2D eigenvalue weighted by atomic mass is 9.93. The van der Waals surface area contributed by atoms with Crippen LogP contribution in [0, 0.1) is 0 Å². The Hall–Kier alpha value is -0.680. The van der Waals surface area contributed by atoms with Crippen LogP contribution in [0.25, 0.3) is 0 Å². The number of para-hydroxylation sites is 1. The van der Waals surface area contributed by atoms with Gasteiger partial charge in [-0.3, -0.25) is 0 Å². The quantitative estimate of drug-likeness (QED) is 0.864. The van der Waals surface area contributed by atoms with E-state index in [1.165, 1.54) is 13.0 Å². The van der Waals surface area contributed by atoms with Crippen LogP contribution in [0.3, 0.4) is 0 Å². The summed E-state index contributed by atoms with van der Waals surface area (Å²) in [4.78, 5) is 0. The monoisotopic (exact) mass is 265 g/mol. The van der Waals surface area contributed by atoms with Crippen molar-refractivity contribution in [2.75, 3.05) is 0 Å². The van der Waals surface area contributed by atoms with Gasteiger partial charge < -0.3 is 10.8 Å². The highest BCUT2D eigenvalue weighted by Gasteiger charge is 2.35. The fraction of sp³-hybridized carbons (Fsp3) is 0.333. The lowest BCUT2D eigenvalue weighted by molar-refractivity contribution is 0.0610. The van der Waals surface area contributed by atoms with Crippen molar-refractivity contribution in [2.24, 2.45) is 5.73 Å². The number of hydrogen-bond donors (Lipinski definition) is 2. The topological polar surface area (TPSA) is 46.2 Å². The highest BCUT2D eigenvalue weighted by molar-refractivity contribution is 9.10. The Morgan fingerprint density at radius 3 is 2.57 bits per heavy atom. The standard InChI is InChI=1S/C9H10BrF2NO/c1-9(13,8(11)12)5-3-2-4-6(10)7(5)14/h2-4,8,14H,13H2,1H3. The molecule has 78 valence electrons. The van der Waals surface area contributed by atoms with Crippen LogP contribution >= 0.6 is 15.9 Å². The van der Waals surface area contributed by atoms with Crippen LogP contribution in [-0.2, 0) is 5.54 Å². The molecule has 1 rings (SSSR count). The van der Waals surface area contributed by atoms with Gasteiger partial charge in [0, 0.05) is 5.56 Å². The number of benzene rings is 1. The first-order valence-corrected chi connectivity index (χ1v) is 4.71. The van der Waals surface area contributed by atoms with Crippen LogP contribution in [0.2, 0.25) is 0 Å². The Kier molecular flexibility index (Phi) is 3.11. The van der Waals surface area contributed by atoms with Gasteiger partial charge in [-0.2, -0.15) is 0 Å². The van der Waals surface area contributed by atoms with Gasteiger partial charge in [0.25, 0.3) is 6.43 Å². The number of nitrogens with two attached hydrogens (primary N) is 1. The first kappa shape index (κ1) is 11.4. The van der Waals surface area contributed by atoms with Gasteiger partial charge in [-0.25, -0.2) is 8.78 Å². The Morgan fingerprint density at radius 1 is 1.50 bits per heavy atom.